The predicted molar refractivity (Wildman–Crippen MR) is 141 cm³/mol. The number of amides is 1. The molecule has 1 amide bonds. The summed E-state index contributed by atoms with van der Waals surface area (Å²) in [5.74, 6) is -0.460. The monoisotopic (exact) mass is 547 g/mol. The molecule has 0 saturated heterocycles. The van der Waals surface area contributed by atoms with E-state index < -0.39 is 15.9 Å². The van der Waals surface area contributed by atoms with E-state index in [9.17, 15) is 13.2 Å². The summed E-state index contributed by atoms with van der Waals surface area (Å²) < 4.78 is 28.6. The lowest BCUT2D eigenvalue weighted by Gasteiger charge is -2.24. The van der Waals surface area contributed by atoms with Gasteiger partial charge in [-0.15, -0.1) is 0 Å². The van der Waals surface area contributed by atoms with E-state index >= 15 is 0 Å². The molecule has 2 aromatic carbocycles. The zero-order valence-electron chi connectivity index (χ0n) is 19.6. The normalized spacial score (nSPS) is 16.1. The molecule has 0 bridgehead atoms. The van der Waals surface area contributed by atoms with E-state index in [1.165, 1.54) is 57.1 Å². The number of carbonyl (C=O) groups excluding carboxylic acids is 1. The first-order chi connectivity index (χ1) is 16.5. The Balaban J connectivity index is 1.74. The maximum absolute atomic E-state index is 13.4. The summed E-state index contributed by atoms with van der Waals surface area (Å²) in [5, 5.41) is 4.42. The minimum Gasteiger partial charge on any atom is -0.271 e. The van der Waals surface area contributed by atoms with Crippen LogP contribution in [0.2, 0.25) is 0 Å². The molecule has 1 aliphatic rings. The van der Waals surface area contributed by atoms with Crippen LogP contribution in [0.15, 0.2) is 69.1 Å². The van der Waals surface area contributed by atoms with Gasteiger partial charge in [0, 0.05) is 10.2 Å². The quantitative estimate of drug-likeness (QED) is 0.423. The molecule has 184 valence electrons. The minimum atomic E-state index is -3.93. The summed E-state index contributed by atoms with van der Waals surface area (Å²) >= 11 is 3.39. The van der Waals surface area contributed by atoms with Crippen molar-refractivity contribution in [3.8, 4) is 0 Å². The third-order valence-electron chi connectivity index (χ3n) is 5.98. The Kier molecular flexibility index (Phi) is 10.6. The molecule has 0 radical (unpaired) electrons. The Hall–Kier alpha value is -2.19. The number of rotatable bonds is 6. The smallest absolute Gasteiger partial charge is 0.264 e. The Morgan fingerprint density at radius 3 is 2.03 bits per heavy atom. The number of benzene rings is 2. The average molecular weight is 549 g/mol. The number of anilines is 1. The van der Waals surface area contributed by atoms with Gasteiger partial charge in [0.1, 0.15) is 6.54 Å². The average Bonchev–Trinajstić information content (AvgIpc) is 2.82. The molecule has 34 heavy (non-hydrogen) atoms. The molecule has 3 rings (SSSR count). The highest BCUT2D eigenvalue weighted by Crippen LogP contribution is 2.26. The number of hydrazone groups is 1. The maximum Gasteiger partial charge on any atom is 0.264 e. The van der Waals surface area contributed by atoms with Gasteiger partial charge in [-0.2, -0.15) is 5.10 Å². The van der Waals surface area contributed by atoms with Crippen LogP contribution in [0.1, 0.15) is 70.6 Å². The van der Waals surface area contributed by atoms with Crippen molar-refractivity contribution in [2.24, 2.45) is 5.10 Å². The second-order valence-corrected chi connectivity index (χ2v) is 11.5. The number of nitrogens with one attached hydrogen (secondary N) is 1. The lowest BCUT2D eigenvalue weighted by Crippen LogP contribution is -2.39. The molecule has 1 N–H and O–H groups in total. The molecular formula is C26H34BrN3O3S. The molecule has 0 unspecified atom stereocenters. The fourth-order valence-corrected chi connectivity index (χ4v) is 5.93. The molecule has 1 aliphatic carbocycles. The highest BCUT2D eigenvalue weighted by atomic mass is 79.9. The largest absolute Gasteiger partial charge is 0.271 e. The van der Waals surface area contributed by atoms with Gasteiger partial charge in [-0.1, -0.05) is 85.1 Å². The van der Waals surface area contributed by atoms with Crippen molar-refractivity contribution < 1.29 is 13.2 Å². The first kappa shape index (κ1) is 26.4. The van der Waals surface area contributed by atoms with Gasteiger partial charge in [0.25, 0.3) is 15.9 Å². The van der Waals surface area contributed by atoms with Crippen molar-refractivity contribution in [3.05, 3.63) is 59.1 Å². The van der Waals surface area contributed by atoms with Crippen molar-refractivity contribution in [2.75, 3.05) is 10.8 Å². The second-order valence-electron chi connectivity index (χ2n) is 8.70. The molecule has 1 saturated carbocycles. The number of nitrogens with zero attached hydrogens (tertiary/aromatic N) is 2. The fraction of sp³-hybridized carbons (Fsp3) is 0.462. The zero-order chi connectivity index (χ0) is 24.2. The summed E-state index contributed by atoms with van der Waals surface area (Å²) in [5.41, 5.74) is 4.04. The van der Waals surface area contributed by atoms with E-state index in [0.29, 0.717) is 5.69 Å². The number of hydrogen-bond acceptors (Lipinski definition) is 4. The van der Waals surface area contributed by atoms with Crippen LogP contribution in [0.4, 0.5) is 5.69 Å². The van der Waals surface area contributed by atoms with E-state index in [2.05, 4.69) is 26.5 Å². The van der Waals surface area contributed by atoms with Crippen LogP contribution in [0.25, 0.3) is 0 Å². The summed E-state index contributed by atoms with van der Waals surface area (Å²) in [6.45, 7) is -0.357. The van der Waals surface area contributed by atoms with E-state index in [1.807, 2.05) is 6.07 Å². The van der Waals surface area contributed by atoms with Gasteiger partial charge in [0.05, 0.1) is 10.6 Å². The van der Waals surface area contributed by atoms with E-state index in [4.69, 9.17) is 0 Å². The molecule has 0 atom stereocenters. The van der Waals surface area contributed by atoms with Crippen LogP contribution in [0.3, 0.4) is 0 Å². The van der Waals surface area contributed by atoms with Gasteiger partial charge in [-0.3, -0.25) is 9.10 Å². The molecular weight excluding hydrogens is 514 g/mol. The van der Waals surface area contributed by atoms with Gasteiger partial charge in [-0.05, 0) is 56.0 Å². The first-order valence-corrected chi connectivity index (χ1v) is 14.4. The maximum atomic E-state index is 13.4. The van der Waals surface area contributed by atoms with Gasteiger partial charge in [0.2, 0.25) is 0 Å². The number of sulfonamides is 1. The van der Waals surface area contributed by atoms with Gasteiger partial charge >= 0.3 is 0 Å². The van der Waals surface area contributed by atoms with Crippen molar-refractivity contribution in [1.82, 2.24) is 5.43 Å². The number of hydrogen-bond donors (Lipinski definition) is 1. The number of halogens is 1. The topological polar surface area (TPSA) is 78.8 Å². The second kappa shape index (κ2) is 13.6. The summed E-state index contributed by atoms with van der Waals surface area (Å²) in [4.78, 5) is 13.0. The molecule has 8 heteroatoms. The van der Waals surface area contributed by atoms with Crippen molar-refractivity contribution in [2.45, 2.75) is 75.5 Å². The Labute approximate surface area is 212 Å². The van der Waals surface area contributed by atoms with Crippen LogP contribution in [-0.4, -0.2) is 26.6 Å². The first-order valence-electron chi connectivity index (χ1n) is 12.1. The van der Waals surface area contributed by atoms with E-state index in [-0.39, 0.29) is 11.4 Å². The molecule has 1 fully saturated rings. The molecule has 0 aromatic heterocycles. The predicted octanol–water partition coefficient (Wildman–Crippen LogP) is 6.42. The van der Waals surface area contributed by atoms with Crippen molar-refractivity contribution >= 4 is 43.3 Å². The Bertz CT molecular complexity index is 1040. The lowest BCUT2D eigenvalue weighted by atomic mass is 10.00. The molecule has 6 nitrogen and oxygen atoms in total. The van der Waals surface area contributed by atoms with Gasteiger partial charge in [0.15, 0.2) is 0 Å². The third-order valence-corrected chi connectivity index (χ3v) is 8.27. The molecule has 0 spiro atoms. The zero-order valence-corrected chi connectivity index (χ0v) is 22.0. The minimum absolute atomic E-state index is 0.133. The van der Waals surface area contributed by atoms with E-state index in [1.54, 1.807) is 36.4 Å². The van der Waals surface area contributed by atoms with E-state index in [0.717, 1.165) is 40.2 Å². The SMILES string of the molecule is O=C(CN(c1cccc(Br)c1)S(=O)(=O)c1ccccc1)NN=C1CCCCCCCCCCC1. The van der Waals surface area contributed by atoms with Crippen LogP contribution < -0.4 is 9.73 Å². The van der Waals surface area contributed by atoms with Crippen molar-refractivity contribution in [3.63, 3.8) is 0 Å². The lowest BCUT2D eigenvalue weighted by molar-refractivity contribution is -0.119. The number of carbonyl (C=O) groups is 1. The van der Waals surface area contributed by atoms with Gasteiger partial charge < -0.3 is 0 Å². The van der Waals surface area contributed by atoms with Crippen LogP contribution >= 0.6 is 15.9 Å². The summed E-state index contributed by atoms with van der Waals surface area (Å²) in [6.07, 6.45) is 12.7. The van der Waals surface area contributed by atoms with Crippen molar-refractivity contribution in [1.29, 1.82) is 0 Å². The van der Waals surface area contributed by atoms with Crippen LogP contribution in [0, 0.1) is 0 Å². The van der Waals surface area contributed by atoms with Gasteiger partial charge in [-0.25, -0.2) is 13.8 Å². The summed E-state index contributed by atoms with van der Waals surface area (Å²) in [6, 6.07) is 15.1. The van der Waals surface area contributed by atoms with Crippen LogP contribution in [0.5, 0.6) is 0 Å². The molecule has 0 heterocycles. The Morgan fingerprint density at radius 1 is 0.853 bits per heavy atom. The van der Waals surface area contributed by atoms with Crippen LogP contribution in [-0.2, 0) is 14.8 Å². The highest BCUT2D eigenvalue weighted by Gasteiger charge is 2.27. The highest BCUT2D eigenvalue weighted by molar-refractivity contribution is 9.10. The standard InChI is InChI=1S/C26H34BrN3O3S/c27-22-14-13-17-24(20-22)30(34(32,33)25-18-11-8-12-19-25)21-26(31)29-28-23-15-9-6-4-2-1-3-5-7-10-16-23/h8,11-14,17-20H,1-7,9-10,15-16,21H2,(H,29,31). The third kappa shape index (κ3) is 8.24. The molecule has 0 aliphatic heterocycles. The molecule has 2 aromatic rings. The summed E-state index contributed by atoms with van der Waals surface area (Å²) in [7, 11) is -3.93. The Morgan fingerprint density at radius 2 is 1.44 bits per heavy atom. The fourth-order valence-electron chi connectivity index (χ4n) is 4.11.